The zero-order valence-corrected chi connectivity index (χ0v) is 17.7. The van der Waals surface area contributed by atoms with Crippen molar-refractivity contribution in [2.45, 2.75) is 49.9 Å². The minimum Gasteiger partial charge on any atom is -0.484 e. The number of halogens is 3. The van der Waals surface area contributed by atoms with E-state index in [0.717, 1.165) is 12.8 Å². The van der Waals surface area contributed by atoms with Gasteiger partial charge in [-0.25, -0.2) is 8.78 Å². The summed E-state index contributed by atoms with van der Waals surface area (Å²) in [5.41, 5.74) is 0. The van der Waals surface area contributed by atoms with Gasteiger partial charge in [-0.3, -0.25) is 9.59 Å². The van der Waals surface area contributed by atoms with E-state index in [1.807, 2.05) is 0 Å². The maximum atomic E-state index is 12.7. The first-order valence-corrected chi connectivity index (χ1v) is 11.0. The highest BCUT2D eigenvalue weighted by atomic mass is 35.5. The number of rotatable bonds is 7. The third-order valence-corrected chi connectivity index (χ3v) is 6.76. The molecule has 0 spiro atoms. The van der Waals surface area contributed by atoms with Crippen LogP contribution in [0.25, 0.3) is 0 Å². The number of benzene rings is 1. The summed E-state index contributed by atoms with van der Waals surface area (Å²) in [6.45, 7) is 0.134. The molecule has 0 aromatic heterocycles. The summed E-state index contributed by atoms with van der Waals surface area (Å²) in [6, 6.07) is 5.29. The van der Waals surface area contributed by atoms with E-state index in [4.69, 9.17) is 16.3 Å². The Kier molecular flexibility index (Phi) is 6.93. The topological polar surface area (TPSA) is 91.5 Å². The molecule has 4 aliphatic rings. The van der Waals surface area contributed by atoms with Crippen molar-refractivity contribution in [3.63, 3.8) is 0 Å². The fraction of sp³-hybridized carbons (Fsp3) is 0.619. The van der Waals surface area contributed by atoms with Gasteiger partial charge in [0.15, 0.2) is 6.61 Å². The molecule has 2 bridgehead atoms. The van der Waals surface area contributed by atoms with Crippen LogP contribution in [0.1, 0.15) is 19.3 Å². The predicted octanol–water partition coefficient (Wildman–Crippen LogP) is 1.31. The van der Waals surface area contributed by atoms with Crippen molar-refractivity contribution in [3.05, 3.63) is 29.3 Å². The highest BCUT2D eigenvalue weighted by Crippen LogP contribution is 2.45. The number of ether oxygens (including phenoxy) is 1. The van der Waals surface area contributed by atoms with Crippen molar-refractivity contribution in [1.29, 1.82) is 0 Å². The minimum absolute atomic E-state index is 0.0164. The normalized spacial score (nSPS) is 32.1. The van der Waals surface area contributed by atoms with Gasteiger partial charge < -0.3 is 26.0 Å². The molecule has 0 radical (unpaired) electrons. The molecule has 2 amide bonds. The predicted molar refractivity (Wildman–Crippen MR) is 111 cm³/mol. The van der Waals surface area contributed by atoms with Gasteiger partial charge in [0.25, 0.3) is 12.3 Å². The molecule has 5 rings (SSSR count). The van der Waals surface area contributed by atoms with Crippen LogP contribution in [-0.4, -0.2) is 62.1 Å². The lowest BCUT2D eigenvalue weighted by Gasteiger charge is -2.51. The van der Waals surface area contributed by atoms with Gasteiger partial charge in [0.2, 0.25) is 5.91 Å². The van der Waals surface area contributed by atoms with Crippen molar-refractivity contribution in [2.24, 2.45) is 11.8 Å². The van der Waals surface area contributed by atoms with Gasteiger partial charge in [-0.1, -0.05) is 11.6 Å². The lowest BCUT2D eigenvalue weighted by atomic mass is 9.60. The molecule has 1 aliphatic heterocycles. The molecule has 4 unspecified atom stereocenters. The Labute approximate surface area is 184 Å². The van der Waals surface area contributed by atoms with Crippen LogP contribution < -0.4 is 26.0 Å². The molecule has 7 nitrogen and oxygen atoms in total. The first kappa shape index (κ1) is 22.2. The fourth-order valence-corrected chi connectivity index (χ4v) is 4.76. The fourth-order valence-electron chi connectivity index (χ4n) is 4.64. The molecule has 4 atom stereocenters. The highest BCUT2D eigenvalue weighted by Gasteiger charge is 2.47. The smallest absolute Gasteiger partial charge is 0.258 e. The van der Waals surface area contributed by atoms with Gasteiger partial charge in [-0.15, -0.1) is 0 Å². The summed E-state index contributed by atoms with van der Waals surface area (Å²) in [4.78, 5) is 24.9. The van der Waals surface area contributed by atoms with Gasteiger partial charge in [-0.05, 0) is 55.4 Å². The maximum Gasteiger partial charge on any atom is 0.258 e. The number of hydrogen-bond acceptors (Lipinski definition) is 5. The Balaban J connectivity index is 1.23. The molecule has 4 N–H and O–H groups in total. The SMILES string of the molecule is O=C(COc1ccc(Cl)cc1)NC1CC(NC(=O)C2CNC(C(F)F)CN2)C2CC1C2. The van der Waals surface area contributed by atoms with Crippen molar-refractivity contribution >= 4 is 23.4 Å². The van der Waals surface area contributed by atoms with E-state index in [0.29, 0.717) is 29.0 Å². The summed E-state index contributed by atoms with van der Waals surface area (Å²) in [5.74, 6) is 0.995. The molecule has 170 valence electrons. The van der Waals surface area contributed by atoms with Crippen molar-refractivity contribution < 1.29 is 23.1 Å². The van der Waals surface area contributed by atoms with E-state index < -0.39 is 18.5 Å². The van der Waals surface area contributed by atoms with E-state index in [-0.39, 0.29) is 43.6 Å². The monoisotopic (exact) mass is 456 g/mol. The Morgan fingerprint density at radius 1 is 1.03 bits per heavy atom. The Morgan fingerprint density at radius 2 is 1.71 bits per heavy atom. The second kappa shape index (κ2) is 9.67. The quantitative estimate of drug-likeness (QED) is 0.496. The molecule has 4 fully saturated rings. The van der Waals surface area contributed by atoms with Crippen LogP contribution in [0.15, 0.2) is 24.3 Å². The standard InChI is InChI=1S/C21H27ClF2N4O3/c22-13-1-3-14(4-2-13)31-10-19(29)27-15-7-16(12-5-11(15)6-12)28-21(30)18-9-25-17(8-26-18)20(23)24/h1-4,11-12,15-18,20,25-26H,5-10H2,(H,27,29)(H,28,30). The number of fused-ring (bicyclic) bond motifs is 2. The Bertz CT molecular complexity index is 783. The zero-order chi connectivity index (χ0) is 22.0. The molecular weight excluding hydrogens is 430 g/mol. The zero-order valence-electron chi connectivity index (χ0n) is 17.0. The van der Waals surface area contributed by atoms with Crippen LogP contribution in [0.3, 0.4) is 0 Å². The summed E-state index contributed by atoms with van der Waals surface area (Å²) >= 11 is 5.84. The average molecular weight is 457 g/mol. The highest BCUT2D eigenvalue weighted by molar-refractivity contribution is 6.30. The summed E-state index contributed by atoms with van der Waals surface area (Å²) in [5, 5.41) is 12.3. The van der Waals surface area contributed by atoms with E-state index in [1.165, 1.54) is 0 Å². The molecule has 3 aliphatic carbocycles. The number of carbonyl (C=O) groups excluding carboxylic acids is 2. The number of amides is 2. The number of alkyl halides is 2. The second-order valence-corrected chi connectivity index (χ2v) is 9.01. The third kappa shape index (κ3) is 5.45. The molecule has 1 heterocycles. The van der Waals surface area contributed by atoms with Crippen LogP contribution in [0.2, 0.25) is 5.02 Å². The lowest BCUT2D eigenvalue weighted by molar-refractivity contribution is -0.127. The lowest BCUT2D eigenvalue weighted by Crippen LogP contribution is -2.65. The number of nitrogens with one attached hydrogen (secondary N) is 4. The number of carbonyl (C=O) groups is 2. The molecule has 10 heteroatoms. The van der Waals surface area contributed by atoms with Crippen molar-refractivity contribution in [2.75, 3.05) is 19.7 Å². The van der Waals surface area contributed by atoms with Crippen LogP contribution >= 0.6 is 11.6 Å². The number of piperazine rings is 1. The van der Waals surface area contributed by atoms with Crippen LogP contribution in [0, 0.1) is 11.8 Å². The van der Waals surface area contributed by atoms with E-state index in [1.54, 1.807) is 24.3 Å². The first-order chi connectivity index (χ1) is 14.9. The van der Waals surface area contributed by atoms with Crippen molar-refractivity contribution in [1.82, 2.24) is 21.3 Å². The number of hydrogen-bond donors (Lipinski definition) is 4. The molecular formula is C21H27ClF2N4O3. The largest absolute Gasteiger partial charge is 0.484 e. The summed E-state index contributed by atoms with van der Waals surface area (Å²) in [7, 11) is 0. The van der Waals surface area contributed by atoms with Gasteiger partial charge >= 0.3 is 0 Å². The Hall–Kier alpha value is -1.97. The minimum atomic E-state index is -2.46. The third-order valence-electron chi connectivity index (χ3n) is 6.50. The van der Waals surface area contributed by atoms with Gasteiger partial charge in [0.05, 0.1) is 12.1 Å². The van der Waals surface area contributed by atoms with Crippen LogP contribution in [0.4, 0.5) is 8.78 Å². The van der Waals surface area contributed by atoms with E-state index >= 15 is 0 Å². The molecule has 31 heavy (non-hydrogen) atoms. The molecule has 3 saturated carbocycles. The second-order valence-electron chi connectivity index (χ2n) is 8.57. The first-order valence-electron chi connectivity index (χ1n) is 10.6. The van der Waals surface area contributed by atoms with Crippen molar-refractivity contribution in [3.8, 4) is 5.75 Å². The van der Waals surface area contributed by atoms with E-state index in [2.05, 4.69) is 21.3 Å². The van der Waals surface area contributed by atoms with Gasteiger partial charge in [0.1, 0.15) is 5.75 Å². The van der Waals surface area contributed by atoms with Gasteiger partial charge in [-0.2, -0.15) is 0 Å². The summed E-state index contributed by atoms with van der Waals surface area (Å²) < 4.78 is 31.0. The Morgan fingerprint density at radius 3 is 2.32 bits per heavy atom. The molecule has 1 saturated heterocycles. The van der Waals surface area contributed by atoms with E-state index in [9.17, 15) is 18.4 Å². The maximum absolute atomic E-state index is 12.7. The van der Waals surface area contributed by atoms with Crippen LogP contribution in [-0.2, 0) is 9.59 Å². The van der Waals surface area contributed by atoms with Crippen LogP contribution in [0.5, 0.6) is 5.75 Å². The average Bonchev–Trinajstić information content (AvgIpc) is 2.72. The molecule has 1 aromatic carbocycles. The van der Waals surface area contributed by atoms with Gasteiger partial charge in [0, 0.05) is 30.2 Å². The summed E-state index contributed by atoms with van der Waals surface area (Å²) in [6.07, 6.45) is 0.109. The molecule has 1 aromatic rings.